The van der Waals surface area contributed by atoms with E-state index in [9.17, 15) is 0 Å². The van der Waals surface area contributed by atoms with Gasteiger partial charge in [-0.15, -0.1) is 0 Å². The second-order valence-electron chi connectivity index (χ2n) is 4.43. The summed E-state index contributed by atoms with van der Waals surface area (Å²) in [7, 11) is 0. The van der Waals surface area contributed by atoms with E-state index in [0.29, 0.717) is 18.9 Å². The van der Waals surface area contributed by atoms with E-state index in [-0.39, 0.29) is 12.4 Å². The summed E-state index contributed by atoms with van der Waals surface area (Å²) in [6.07, 6.45) is 2.82. The molecule has 0 saturated carbocycles. The minimum absolute atomic E-state index is 0.133. The van der Waals surface area contributed by atoms with Gasteiger partial charge in [-0.05, 0) is 43.0 Å². The molecule has 106 valence electrons. The standard InChI is InChI=1S/C13H19NO5/c14-8-2-1-3-12-9-16-13(17-12)10-4-6-11(7-5-10)18-19-15/h4-7,12-13,15H,1-3,8-9,14H2. The quantitative estimate of drug-likeness (QED) is 0.447. The van der Waals surface area contributed by atoms with E-state index in [1.807, 2.05) is 0 Å². The molecule has 1 aliphatic heterocycles. The molecule has 1 aromatic carbocycles. The van der Waals surface area contributed by atoms with Gasteiger partial charge in [0.25, 0.3) is 0 Å². The zero-order chi connectivity index (χ0) is 13.5. The maximum atomic E-state index is 8.16. The van der Waals surface area contributed by atoms with Crippen molar-refractivity contribution in [2.45, 2.75) is 31.7 Å². The molecule has 6 nitrogen and oxygen atoms in total. The molecular formula is C13H19NO5. The Morgan fingerprint density at radius 2 is 2.05 bits per heavy atom. The molecule has 2 unspecified atom stereocenters. The molecule has 1 aromatic rings. The lowest BCUT2D eigenvalue weighted by Gasteiger charge is -2.11. The number of rotatable bonds is 7. The number of ether oxygens (including phenoxy) is 2. The molecule has 0 spiro atoms. The van der Waals surface area contributed by atoms with Crippen LogP contribution in [0.2, 0.25) is 0 Å². The third kappa shape index (κ3) is 4.15. The minimum atomic E-state index is -0.341. The third-order valence-corrected chi connectivity index (χ3v) is 3.02. The molecule has 6 heteroatoms. The number of unbranched alkanes of at least 4 members (excludes halogenated alkanes) is 1. The Bertz CT molecular complexity index is 370. The fourth-order valence-electron chi connectivity index (χ4n) is 2.01. The SMILES string of the molecule is NCCCCC1COC(c2ccc(OOO)cc2)O1. The Balaban J connectivity index is 1.82. The third-order valence-electron chi connectivity index (χ3n) is 3.02. The molecular weight excluding hydrogens is 250 g/mol. The van der Waals surface area contributed by atoms with Gasteiger partial charge in [0, 0.05) is 5.56 Å². The van der Waals surface area contributed by atoms with Gasteiger partial charge in [-0.3, -0.25) is 0 Å². The number of nitrogens with two attached hydrogens (primary N) is 1. The lowest BCUT2D eigenvalue weighted by molar-refractivity contribution is -0.438. The van der Waals surface area contributed by atoms with Gasteiger partial charge in [0.05, 0.1) is 12.7 Å². The molecule has 0 aromatic heterocycles. The van der Waals surface area contributed by atoms with E-state index in [0.717, 1.165) is 24.8 Å². The highest BCUT2D eigenvalue weighted by molar-refractivity contribution is 5.27. The Labute approximate surface area is 111 Å². The second-order valence-corrected chi connectivity index (χ2v) is 4.43. The van der Waals surface area contributed by atoms with Crippen molar-refractivity contribution >= 4 is 0 Å². The van der Waals surface area contributed by atoms with E-state index < -0.39 is 0 Å². The van der Waals surface area contributed by atoms with Gasteiger partial charge in [-0.25, -0.2) is 5.26 Å². The van der Waals surface area contributed by atoms with Crippen molar-refractivity contribution < 1.29 is 24.7 Å². The minimum Gasteiger partial charge on any atom is -0.346 e. The summed E-state index contributed by atoms with van der Waals surface area (Å²) in [5, 5.41) is 11.7. The van der Waals surface area contributed by atoms with Gasteiger partial charge in [-0.1, -0.05) is 12.1 Å². The normalized spacial score (nSPS) is 22.6. The van der Waals surface area contributed by atoms with Crippen LogP contribution in [0.25, 0.3) is 0 Å². The van der Waals surface area contributed by atoms with Crippen LogP contribution >= 0.6 is 0 Å². The largest absolute Gasteiger partial charge is 0.346 e. The van der Waals surface area contributed by atoms with Crippen LogP contribution in [0.3, 0.4) is 0 Å². The van der Waals surface area contributed by atoms with Crippen LogP contribution in [0.1, 0.15) is 31.1 Å². The smallest absolute Gasteiger partial charge is 0.184 e. The first-order valence-electron chi connectivity index (χ1n) is 6.38. The summed E-state index contributed by atoms with van der Waals surface area (Å²) in [4.78, 5) is 4.47. The van der Waals surface area contributed by atoms with E-state index >= 15 is 0 Å². The second kappa shape index (κ2) is 7.42. The molecule has 1 aliphatic rings. The predicted octanol–water partition coefficient (Wildman–Crippen LogP) is 2.01. The van der Waals surface area contributed by atoms with Crippen LogP contribution in [-0.4, -0.2) is 24.5 Å². The van der Waals surface area contributed by atoms with Crippen molar-refractivity contribution in [2.24, 2.45) is 5.73 Å². The van der Waals surface area contributed by atoms with E-state index in [2.05, 4.69) is 9.93 Å². The van der Waals surface area contributed by atoms with Gasteiger partial charge in [0.1, 0.15) is 0 Å². The molecule has 1 saturated heterocycles. The lowest BCUT2D eigenvalue weighted by Crippen LogP contribution is -2.10. The molecule has 0 radical (unpaired) electrons. The van der Waals surface area contributed by atoms with Gasteiger partial charge in [0.2, 0.25) is 0 Å². The van der Waals surface area contributed by atoms with Crippen molar-refractivity contribution in [1.82, 2.24) is 0 Å². The van der Waals surface area contributed by atoms with Crippen LogP contribution in [0, 0.1) is 0 Å². The molecule has 19 heavy (non-hydrogen) atoms. The molecule has 2 atom stereocenters. The Hall–Kier alpha value is -1.18. The first-order valence-corrected chi connectivity index (χ1v) is 6.38. The average Bonchev–Trinajstić information content (AvgIpc) is 2.89. The monoisotopic (exact) mass is 269 g/mol. The highest BCUT2D eigenvalue weighted by atomic mass is 17.5. The summed E-state index contributed by atoms with van der Waals surface area (Å²) < 4.78 is 11.4. The zero-order valence-corrected chi connectivity index (χ0v) is 10.7. The predicted molar refractivity (Wildman–Crippen MR) is 67.3 cm³/mol. The molecule has 1 fully saturated rings. The van der Waals surface area contributed by atoms with Gasteiger partial charge in [-0.2, -0.15) is 0 Å². The molecule has 2 rings (SSSR count). The Kier molecular flexibility index (Phi) is 5.56. The van der Waals surface area contributed by atoms with Crippen LogP contribution < -0.4 is 10.6 Å². The lowest BCUT2D eigenvalue weighted by atomic mass is 10.1. The fraction of sp³-hybridized carbons (Fsp3) is 0.538. The van der Waals surface area contributed by atoms with Crippen LogP contribution in [0.15, 0.2) is 24.3 Å². The topological polar surface area (TPSA) is 83.2 Å². The zero-order valence-electron chi connectivity index (χ0n) is 10.7. The molecule has 0 bridgehead atoms. The van der Waals surface area contributed by atoms with Crippen molar-refractivity contribution in [3.8, 4) is 5.75 Å². The Morgan fingerprint density at radius 1 is 1.26 bits per heavy atom. The number of hydrogen-bond acceptors (Lipinski definition) is 6. The van der Waals surface area contributed by atoms with Gasteiger partial charge < -0.3 is 20.1 Å². The van der Waals surface area contributed by atoms with E-state index in [1.165, 1.54) is 0 Å². The first kappa shape index (κ1) is 14.2. The highest BCUT2D eigenvalue weighted by Gasteiger charge is 2.26. The van der Waals surface area contributed by atoms with Crippen molar-refractivity contribution in [3.05, 3.63) is 29.8 Å². The van der Waals surface area contributed by atoms with E-state index in [4.69, 9.17) is 20.5 Å². The maximum Gasteiger partial charge on any atom is 0.184 e. The summed E-state index contributed by atoms with van der Waals surface area (Å²) >= 11 is 0. The highest BCUT2D eigenvalue weighted by Crippen LogP contribution is 2.29. The maximum absolute atomic E-state index is 8.16. The van der Waals surface area contributed by atoms with Crippen molar-refractivity contribution in [2.75, 3.05) is 13.2 Å². The Morgan fingerprint density at radius 3 is 2.74 bits per heavy atom. The molecule has 1 heterocycles. The summed E-state index contributed by atoms with van der Waals surface area (Å²) in [6, 6.07) is 6.95. The van der Waals surface area contributed by atoms with E-state index in [1.54, 1.807) is 24.3 Å². The fourth-order valence-corrected chi connectivity index (χ4v) is 2.01. The van der Waals surface area contributed by atoms with Gasteiger partial charge >= 0.3 is 0 Å². The average molecular weight is 269 g/mol. The molecule has 0 aliphatic carbocycles. The van der Waals surface area contributed by atoms with Crippen LogP contribution in [0.5, 0.6) is 5.75 Å². The first-order chi connectivity index (χ1) is 9.33. The van der Waals surface area contributed by atoms with Crippen molar-refractivity contribution in [3.63, 3.8) is 0 Å². The number of benzene rings is 1. The van der Waals surface area contributed by atoms with Gasteiger partial charge in [0.15, 0.2) is 12.0 Å². The molecule has 0 amide bonds. The molecule has 3 N–H and O–H groups in total. The summed E-state index contributed by atoms with van der Waals surface area (Å²) in [6.45, 7) is 1.32. The number of hydrogen-bond donors (Lipinski definition) is 2. The van der Waals surface area contributed by atoms with Crippen LogP contribution in [-0.2, 0) is 14.5 Å². The van der Waals surface area contributed by atoms with Crippen molar-refractivity contribution in [1.29, 1.82) is 0 Å². The van der Waals surface area contributed by atoms with Crippen LogP contribution in [0.4, 0.5) is 0 Å². The summed E-state index contributed by atoms with van der Waals surface area (Å²) in [5.74, 6) is 0.406. The summed E-state index contributed by atoms with van der Waals surface area (Å²) in [5.41, 5.74) is 6.37.